The van der Waals surface area contributed by atoms with Crippen LogP contribution in [-0.2, 0) is 4.74 Å². The Morgan fingerprint density at radius 3 is 2.57 bits per heavy atom. The summed E-state index contributed by atoms with van der Waals surface area (Å²) in [5.74, 6) is 0. The summed E-state index contributed by atoms with van der Waals surface area (Å²) in [7, 11) is 0. The molecule has 0 bridgehead atoms. The molecule has 0 aromatic carbocycles. The van der Waals surface area contributed by atoms with Gasteiger partial charge in [-0.2, -0.15) is 0 Å². The van der Waals surface area contributed by atoms with Gasteiger partial charge >= 0.3 is 6.09 Å². The average Bonchev–Trinajstić information content (AvgIpc) is 2.16. The van der Waals surface area contributed by atoms with Gasteiger partial charge in [0, 0.05) is 37.1 Å². The number of allylic oxidation sites excluding steroid dienone is 1. The molecule has 0 unspecified atom stereocenters. The van der Waals surface area contributed by atoms with Gasteiger partial charge in [0.1, 0.15) is 0 Å². The van der Waals surface area contributed by atoms with Gasteiger partial charge in [-0.1, -0.05) is 35.9 Å². The second-order valence-electron chi connectivity index (χ2n) is 2.48. The molecule has 0 aromatic rings. The molecule has 0 aliphatic rings. The van der Waals surface area contributed by atoms with E-state index in [-0.39, 0.29) is 6.09 Å². The molecule has 0 saturated heterocycles. The summed E-state index contributed by atoms with van der Waals surface area (Å²) in [5.41, 5.74) is 0. The molecule has 0 atom stereocenters. The van der Waals surface area contributed by atoms with Crippen LogP contribution in [0.2, 0.25) is 0 Å². The monoisotopic (exact) mass is 535 g/mol. The van der Waals surface area contributed by atoms with Crippen LogP contribution < -0.4 is 5.32 Å². The average molecular weight is 535 g/mol. The fraction of sp³-hybridized carbons (Fsp3) is 0.625. The standard InChI is InChI=1S/C8H12I3NO2/c1-2-3-4-12-8(13)14-7(11)6(10)5-9/h2-5H2,1H3,(H,12,13)/b7-6+. The molecule has 1 N–H and O–H groups in total. The summed E-state index contributed by atoms with van der Waals surface area (Å²) < 4.78 is 7.62. The van der Waals surface area contributed by atoms with Crippen LogP contribution in [0, 0.1) is 0 Å². The minimum Gasteiger partial charge on any atom is -0.403 e. The van der Waals surface area contributed by atoms with Crippen molar-refractivity contribution in [2.75, 3.05) is 11.0 Å². The first-order chi connectivity index (χ1) is 6.61. The molecule has 0 aromatic heterocycles. The maximum Gasteiger partial charge on any atom is 0.413 e. The van der Waals surface area contributed by atoms with Crippen molar-refractivity contribution >= 4 is 73.9 Å². The second-order valence-corrected chi connectivity index (χ2v) is 5.53. The van der Waals surface area contributed by atoms with Gasteiger partial charge in [0.05, 0.1) is 0 Å². The molecule has 6 heteroatoms. The Morgan fingerprint density at radius 2 is 2.07 bits per heavy atom. The van der Waals surface area contributed by atoms with E-state index in [0.717, 1.165) is 20.8 Å². The SMILES string of the molecule is CCCCNC(=O)O/C(I)=C(/I)CI. The Bertz CT molecular complexity index is 219. The van der Waals surface area contributed by atoms with Crippen LogP contribution in [0.1, 0.15) is 19.8 Å². The molecule has 82 valence electrons. The first-order valence-corrected chi connectivity index (χ1v) is 7.85. The van der Waals surface area contributed by atoms with Gasteiger partial charge in [-0.15, -0.1) is 0 Å². The Morgan fingerprint density at radius 1 is 1.43 bits per heavy atom. The summed E-state index contributed by atoms with van der Waals surface area (Å²) in [4.78, 5) is 11.2. The van der Waals surface area contributed by atoms with Crippen molar-refractivity contribution in [3.63, 3.8) is 0 Å². The van der Waals surface area contributed by atoms with E-state index < -0.39 is 0 Å². The first kappa shape index (κ1) is 15.2. The minimum absolute atomic E-state index is 0.359. The molecule has 0 spiro atoms. The number of alkyl carbamates (subject to hydrolysis) is 1. The normalized spacial score (nSPS) is 12.0. The molecule has 0 aliphatic heterocycles. The largest absolute Gasteiger partial charge is 0.413 e. The predicted molar refractivity (Wildman–Crippen MR) is 83.3 cm³/mol. The summed E-state index contributed by atoms with van der Waals surface area (Å²) in [5, 5.41) is 2.69. The van der Waals surface area contributed by atoms with Gasteiger partial charge in [-0.25, -0.2) is 4.79 Å². The van der Waals surface area contributed by atoms with Crippen LogP contribution in [0.5, 0.6) is 0 Å². The van der Waals surface area contributed by atoms with Gasteiger partial charge in [-0.05, 0) is 29.0 Å². The quantitative estimate of drug-likeness (QED) is 0.251. The van der Waals surface area contributed by atoms with Gasteiger partial charge in [-0.3, -0.25) is 0 Å². The number of alkyl halides is 1. The summed E-state index contributed by atoms with van der Waals surface area (Å²) in [6.07, 6.45) is 1.69. The van der Waals surface area contributed by atoms with E-state index in [1.807, 2.05) is 22.6 Å². The van der Waals surface area contributed by atoms with E-state index in [2.05, 4.69) is 57.4 Å². The van der Waals surface area contributed by atoms with Crippen molar-refractivity contribution in [3.05, 3.63) is 7.35 Å². The van der Waals surface area contributed by atoms with Crippen molar-refractivity contribution in [1.82, 2.24) is 5.32 Å². The van der Waals surface area contributed by atoms with Crippen LogP contribution in [0.4, 0.5) is 4.79 Å². The van der Waals surface area contributed by atoms with E-state index in [1.54, 1.807) is 0 Å². The van der Waals surface area contributed by atoms with E-state index >= 15 is 0 Å². The van der Waals surface area contributed by atoms with Crippen molar-refractivity contribution in [2.45, 2.75) is 19.8 Å². The fourth-order valence-corrected chi connectivity index (χ4v) is 2.17. The maximum absolute atomic E-state index is 11.2. The van der Waals surface area contributed by atoms with Gasteiger partial charge in [0.25, 0.3) is 0 Å². The number of rotatable bonds is 5. The minimum atomic E-state index is -0.359. The highest BCUT2D eigenvalue weighted by molar-refractivity contribution is 14.1. The second kappa shape index (κ2) is 9.43. The van der Waals surface area contributed by atoms with Crippen molar-refractivity contribution in [1.29, 1.82) is 0 Å². The molecule has 0 fully saturated rings. The number of unbranched alkanes of at least 4 members (excludes halogenated alkanes) is 1. The Labute approximate surface area is 125 Å². The highest BCUT2D eigenvalue weighted by Crippen LogP contribution is 2.22. The van der Waals surface area contributed by atoms with Gasteiger partial charge in [0.2, 0.25) is 0 Å². The van der Waals surface area contributed by atoms with Crippen LogP contribution in [0.3, 0.4) is 0 Å². The van der Waals surface area contributed by atoms with Crippen LogP contribution >= 0.6 is 67.8 Å². The fourth-order valence-electron chi connectivity index (χ4n) is 0.593. The highest BCUT2D eigenvalue weighted by Gasteiger charge is 2.06. The molecule has 0 aliphatic carbocycles. The molecular formula is C8H12I3NO2. The number of ether oxygens (including phenoxy) is 1. The summed E-state index contributed by atoms with van der Waals surface area (Å²) in [6.45, 7) is 2.76. The highest BCUT2D eigenvalue weighted by atomic mass is 127. The number of hydrogen-bond acceptors (Lipinski definition) is 2. The molecule has 0 rings (SSSR count). The molecule has 0 heterocycles. The topological polar surface area (TPSA) is 38.3 Å². The van der Waals surface area contributed by atoms with E-state index in [1.165, 1.54) is 0 Å². The van der Waals surface area contributed by atoms with Gasteiger partial charge < -0.3 is 10.1 Å². The molecule has 14 heavy (non-hydrogen) atoms. The Kier molecular flexibility index (Phi) is 10.2. The van der Waals surface area contributed by atoms with Gasteiger partial charge in [0.15, 0.2) is 3.77 Å². The van der Waals surface area contributed by atoms with Crippen LogP contribution in [-0.4, -0.2) is 17.1 Å². The maximum atomic E-state index is 11.2. The zero-order valence-corrected chi connectivity index (χ0v) is 14.3. The molecule has 0 radical (unpaired) electrons. The number of nitrogens with one attached hydrogen (secondary N) is 1. The lowest BCUT2D eigenvalue weighted by atomic mass is 10.3. The van der Waals surface area contributed by atoms with Crippen LogP contribution in [0.15, 0.2) is 7.35 Å². The van der Waals surface area contributed by atoms with Crippen molar-refractivity contribution in [3.8, 4) is 0 Å². The molecule has 3 nitrogen and oxygen atoms in total. The summed E-state index contributed by atoms with van der Waals surface area (Å²) in [6, 6.07) is 0. The number of amides is 1. The van der Waals surface area contributed by atoms with E-state index in [9.17, 15) is 4.79 Å². The smallest absolute Gasteiger partial charge is 0.403 e. The lowest BCUT2D eigenvalue weighted by Crippen LogP contribution is -2.24. The third-order valence-electron chi connectivity index (χ3n) is 1.31. The van der Waals surface area contributed by atoms with E-state index in [0.29, 0.717) is 10.3 Å². The molecule has 1 amide bonds. The molecule has 0 saturated carbocycles. The lowest BCUT2D eigenvalue weighted by molar-refractivity contribution is 0.184. The number of carbonyl (C=O) groups excluding carboxylic acids is 1. The number of hydrogen-bond donors (Lipinski definition) is 1. The lowest BCUT2D eigenvalue weighted by Gasteiger charge is -2.05. The van der Waals surface area contributed by atoms with Crippen molar-refractivity contribution in [2.24, 2.45) is 0 Å². The Balaban J connectivity index is 3.83. The van der Waals surface area contributed by atoms with E-state index in [4.69, 9.17) is 4.74 Å². The summed E-state index contributed by atoms with van der Waals surface area (Å²) >= 11 is 6.43. The zero-order valence-electron chi connectivity index (χ0n) is 7.78. The zero-order chi connectivity index (χ0) is 11.0. The third kappa shape index (κ3) is 7.49. The Hall–Kier alpha value is 1.20. The predicted octanol–water partition coefficient (Wildman–Crippen LogP) is 3.99. The van der Waals surface area contributed by atoms with Crippen LogP contribution in [0.25, 0.3) is 0 Å². The first-order valence-electron chi connectivity index (χ1n) is 4.17. The third-order valence-corrected chi connectivity index (χ3v) is 6.31. The number of halogens is 3. The number of carbonyl (C=O) groups is 1. The molecular weight excluding hydrogens is 523 g/mol. The van der Waals surface area contributed by atoms with Crippen molar-refractivity contribution < 1.29 is 9.53 Å².